The number of H-pyrrole nitrogens is 2. The molecule has 0 spiro atoms. The first-order valence-corrected chi connectivity index (χ1v) is 9.74. The first-order chi connectivity index (χ1) is 14.1. The van der Waals surface area contributed by atoms with Crippen LogP contribution in [0.1, 0.15) is 18.6 Å². The van der Waals surface area contributed by atoms with Crippen molar-refractivity contribution in [3.63, 3.8) is 0 Å². The minimum Gasteiger partial charge on any atom is -0.486 e. The number of rotatable bonds is 4. The highest BCUT2D eigenvalue weighted by Crippen LogP contribution is 2.34. The molecule has 0 aliphatic heterocycles. The Balaban J connectivity index is 1.52. The number of pyridine rings is 1. The molecule has 0 amide bonds. The van der Waals surface area contributed by atoms with E-state index in [2.05, 4.69) is 25.1 Å². The van der Waals surface area contributed by atoms with E-state index in [0.29, 0.717) is 27.2 Å². The molecule has 0 fully saturated rings. The minimum atomic E-state index is -0.350. The zero-order valence-electron chi connectivity index (χ0n) is 15.3. The van der Waals surface area contributed by atoms with Crippen LogP contribution in [0, 0.1) is 0 Å². The van der Waals surface area contributed by atoms with E-state index in [1.165, 1.54) is 0 Å². The monoisotopic (exact) mass is 423 g/mol. The van der Waals surface area contributed by atoms with E-state index in [-0.39, 0.29) is 6.10 Å². The lowest BCUT2D eigenvalue weighted by Crippen LogP contribution is -2.05. The molecule has 8 heteroatoms. The summed E-state index contributed by atoms with van der Waals surface area (Å²) < 4.78 is 6.12. The molecular formula is C21H15Cl2N5O. The molecule has 0 radical (unpaired) electrons. The van der Waals surface area contributed by atoms with Gasteiger partial charge in [0, 0.05) is 23.3 Å². The van der Waals surface area contributed by atoms with Gasteiger partial charge < -0.3 is 9.72 Å². The van der Waals surface area contributed by atoms with E-state index < -0.39 is 0 Å². The van der Waals surface area contributed by atoms with E-state index in [1.807, 2.05) is 49.4 Å². The van der Waals surface area contributed by atoms with Gasteiger partial charge in [-0.05, 0) is 37.3 Å². The van der Waals surface area contributed by atoms with E-state index in [0.717, 1.165) is 27.6 Å². The van der Waals surface area contributed by atoms with Crippen molar-refractivity contribution in [2.45, 2.75) is 13.0 Å². The summed E-state index contributed by atoms with van der Waals surface area (Å²) in [5, 5.41) is 9.33. The third-order valence-corrected chi connectivity index (χ3v) is 5.36. The second-order valence-electron chi connectivity index (χ2n) is 6.66. The summed E-state index contributed by atoms with van der Waals surface area (Å²) in [6.07, 6.45) is 2.76. The lowest BCUT2D eigenvalue weighted by molar-refractivity contribution is 0.227. The van der Waals surface area contributed by atoms with E-state index in [1.54, 1.807) is 12.4 Å². The SMILES string of the molecule is CC(Oc1ccc2[nH]nc(-c3nc4ccccc4[nH]3)c2c1)c1c(Cl)cncc1Cl. The maximum Gasteiger partial charge on any atom is 0.159 e. The largest absolute Gasteiger partial charge is 0.486 e. The van der Waals surface area contributed by atoms with Crippen molar-refractivity contribution in [1.29, 1.82) is 0 Å². The molecule has 3 aromatic heterocycles. The fourth-order valence-corrected chi connectivity index (χ4v) is 4.06. The summed E-state index contributed by atoms with van der Waals surface area (Å²) in [6, 6.07) is 13.6. The Morgan fingerprint density at radius 1 is 1.00 bits per heavy atom. The number of halogens is 2. The fraction of sp³-hybridized carbons (Fsp3) is 0.0952. The van der Waals surface area contributed by atoms with Crippen LogP contribution >= 0.6 is 23.2 Å². The van der Waals surface area contributed by atoms with Crippen LogP contribution in [-0.4, -0.2) is 25.1 Å². The van der Waals surface area contributed by atoms with Gasteiger partial charge in [0.05, 0.1) is 26.6 Å². The number of benzene rings is 2. The number of fused-ring (bicyclic) bond motifs is 2. The number of nitrogens with zero attached hydrogens (tertiary/aromatic N) is 3. The summed E-state index contributed by atoms with van der Waals surface area (Å²) in [5.41, 5.74) is 4.17. The van der Waals surface area contributed by atoms with Crippen molar-refractivity contribution in [2.24, 2.45) is 0 Å². The summed E-state index contributed by atoms with van der Waals surface area (Å²) in [4.78, 5) is 11.9. The van der Waals surface area contributed by atoms with E-state index in [9.17, 15) is 0 Å². The first-order valence-electron chi connectivity index (χ1n) is 8.99. The summed E-state index contributed by atoms with van der Waals surface area (Å²) in [5.74, 6) is 1.37. The summed E-state index contributed by atoms with van der Waals surface area (Å²) >= 11 is 12.5. The van der Waals surface area contributed by atoms with Crippen molar-refractivity contribution < 1.29 is 4.74 Å². The Kier molecular flexibility index (Phi) is 4.38. The molecule has 6 nitrogen and oxygen atoms in total. The van der Waals surface area contributed by atoms with Gasteiger partial charge in [0.2, 0.25) is 0 Å². The van der Waals surface area contributed by atoms with Crippen LogP contribution in [0.25, 0.3) is 33.5 Å². The molecule has 2 N–H and O–H groups in total. The van der Waals surface area contributed by atoms with Crippen molar-refractivity contribution in [2.75, 3.05) is 0 Å². The fourth-order valence-electron chi connectivity index (χ4n) is 3.38. The Morgan fingerprint density at radius 2 is 1.79 bits per heavy atom. The van der Waals surface area contributed by atoms with Crippen LogP contribution in [0.3, 0.4) is 0 Å². The molecule has 0 bridgehead atoms. The molecule has 0 aliphatic carbocycles. The number of aromatic nitrogens is 5. The molecule has 0 saturated heterocycles. The molecule has 1 atom stereocenters. The average Bonchev–Trinajstić information content (AvgIpc) is 3.31. The van der Waals surface area contributed by atoms with Gasteiger partial charge in [-0.2, -0.15) is 5.10 Å². The van der Waals surface area contributed by atoms with Crippen LogP contribution in [0.4, 0.5) is 0 Å². The molecule has 144 valence electrons. The lowest BCUT2D eigenvalue weighted by Gasteiger charge is -2.17. The van der Waals surface area contributed by atoms with Gasteiger partial charge >= 0.3 is 0 Å². The van der Waals surface area contributed by atoms with Crippen LogP contribution in [0.5, 0.6) is 5.75 Å². The number of imidazole rings is 1. The molecule has 0 aliphatic rings. The van der Waals surface area contributed by atoms with Gasteiger partial charge in [-0.25, -0.2) is 4.98 Å². The van der Waals surface area contributed by atoms with E-state index >= 15 is 0 Å². The smallest absolute Gasteiger partial charge is 0.159 e. The van der Waals surface area contributed by atoms with Gasteiger partial charge in [-0.15, -0.1) is 0 Å². The highest BCUT2D eigenvalue weighted by molar-refractivity contribution is 6.35. The third-order valence-electron chi connectivity index (χ3n) is 4.76. The van der Waals surface area contributed by atoms with Gasteiger partial charge in [0.25, 0.3) is 0 Å². The number of aromatic amines is 2. The lowest BCUT2D eigenvalue weighted by atomic mass is 10.1. The van der Waals surface area contributed by atoms with Crippen molar-refractivity contribution in [1.82, 2.24) is 25.1 Å². The molecule has 2 aromatic carbocycles. The zero-order valence-corrected chi connectivity index (χ0v) is 16.8. The molecule has 29 heavy (non-hydrogen) atoms. The average molecular weight is 424 g/mol. The number of hydrogen-bond donors (Lipinski definition) is 2. The Bertz CT molecular complexity index is 1290. The van der Waals surface area contributed by atoms with Crippen LogP contribution in [0.2, 0.25) is 10.0 Å². The number of ether oxygens (including phenoxy) is 1. The maximum absolute atomic E-state index is 6.26. The second kappa shape index (κ2) is 7.06. The van der Waals surface area contributed by atoms with Gasteiger partial charge in [-0.1, -0.05) is 35.3 Å². The number of nitrogens with one attached hydrogen (secondary N) is 2. The summed E-state index contributed by atoms with van der Waals surface area (Å²) in [6.45, 7) is 1.90. The maximum atomic E-state index is 6.26. The Hall–Kier alpha value is -3.09. The summed E-state index contributed by atoms with van der Waals surface area (Å²) in [7, 11) is 0. The zero-order chi connectivity index (χ0) is 20.0. The highest BCUT2D eigenvalue weighted by atomic mass is 35.5. The highest BCUT2D eigenvalue weighted by Gasteiger charge is 2.18. The number of hydrogen-bond acceptors (Lipinski definition) is 4. The van der Waals surface area contributed by atoms with E-state index in [4.69, 9.17) is 27.9 Å². The molecular weight excluding hydrogens is 409 g/mol. The first kappa shape index (κ1) is 18.0. The molecule has 5 rings (SSSR count). The van der Waals surface area contributed by atoms with Crippen molar-refractivity contribution in [3.8, 4) is 17.3 Å². The quantitative estimate of drug-likeness (QED) is 0.374. The second-order valence-corrected chi connectivity index (χ2v) is 7.47. The molecule has 3 heterocycles. The van der Waals surface area contributed by atoms with Crippen LogP contribution < -0.4 is 4.74 Å². The number of para-hydroxylation sites is 2. The minimum absolute atomic E-state index is 0.350. The van der Waals surface area contributed by atoms with Gasteiger partial charge in [0.15, 0.2) is 5.82 Å². The van der Waals surface area contributed by atoms with Gasteiger partial charge in [-0.3, -0.25) is 10.1 Å². The van der Waals surface area contributed by atoms with Gasteiger partial charge in [0.1, 0.15) is 17.5 Å². The Morgan fingerprint density at radius 3 is 2.59 bits per heavy atom. The van der Waals surface area contributed by atoms with Crippen LogP contribution in [-0.2, 0) is 0 Å². The van der Waals surface area contributed by atoms with Crippen molar-refractivity contribution >= 4 is 45.1 Å². The molecule has 1 unspecified atom stereocenters. The third kappa shape index (κ3) is 3.20. The molecule has 0 saturated carbocycles. The predicted molar refractivity (Wildman–Crippen MR) is 114 cm³/mol. The molecule has 5 aromatic rings. The normalized spacial score (nSPS) is 12.5. The van der Waals surface area contributed by atoms with Crippen LogP contribution in [0.15, 0.2) is 54.9 Å². The standard InChI is InChI=1S/C21H15Cl2N5O/c1-11(19-14(22)9-24-10-15(19)23)29-12-6-7-16-13(8-12)20(28-27-16)21-25-17-4-2-3-5-18(17)26-21/h2-11H,1H3,(H,25,26)(H,27,28). The predicted octanol–water partition coefficient (Wildman–Crippen LogP) is 5.95. The topological polar surface area (TPSA) is 79.5 Å². The Labute approximate surface area is 175 Å². The van der Waals surface area contributed by atoms with Crippen molar-refractivity contribution in [3.05, 3.63) is 70.5 Å².